The second-order valence-electron chi connectivity index (χ2n) is 3.14. The minimum absolute atomic E-state index is 0.0457. The highest BCUT2D eigenvalue weighted by Crippen LogP contribution is 2.20. The average Bonchev–Trinajstić information content (AvgIpc) is 2.47. The van der Waals surface area contributed by atoms with Crippen molar-refractivity contribution < 1.29 is 8.42 Å². The number of nitrogen functional groups attached to an aromatic ring is 1. The third-order valence-corrected chi connectivity index (χ3v) is 4.21. The first-order chi connectivity index (χ1) is 6.93. The Hall–Kier alpha value is -1.08. The predicted molar refractivity (Wildman–Crippen MR) is 57.7 cm³/mol. The zero-order valence-electron chi connectivity index (χ0n) is 9.14. The van der Waals surface area contributed by atoms with Gasteiger partial charge in [-0.05, 0) is 0 Å². The van der Waals surface area contributed by atoms with E-state index in [1.54, 1.807) is 20.9 Å². The average molecular weight is 232 g/mol. The Morgan fingerprint density at radius 2 is 2.00 bits per heavy atom. The molecule has 0 unspecified atom stereocenters. The Morgan fingerprint density at radius 3 is 2.33 bits per heavy atom. The highest BCUT2D eigenvalue weighted by atomic mass is 32.2. The van der Waals surface area contributed by atoms with Crippen LogP contribution in [-0.2, 0) is 17.1 Å². The maximum Gasteiger partial charge on any atom is 0.248 e. The largest absolute Gasteiger partial charge is 0.381 e. The van der Waals surface area contributed by atoms with Crippen LogP contribution in [0.3, 0.4) is 0 Å². The van der Waals surface area contributed by atoms with E-state index in [0.29, 0.717) is 13.1 Å². The van der Waals surface area contributed by atoms with Gasteiger partial charge in [-0.3, -0.25) is 4.68 Å². The number of nitrogens with two attached hydrogens (primary N) is 1. The molecule has 7 heteroatoms. The Morgan fingerprint density at radius 1 is 1.47 bits per heavy atom. The molecule has 0 amide bonds. The lowest BCUT2D eigenvalue weighted by molar-refractivity contribution is 0.445. The van der Waals surface area contributed by atoms with Crippen LogP contribution in [0.4, 0.5) is 5.82 Å². The van der Waals surface area contributed by atoms with Gasteiger partial charge in [-0.25, -0.2) is 8.42 Å². The van der Waals surface area contributed by atoms with Gasteiger partial charge in [0.15, 0.2) is 5.82 Å². The van der Waals surface area contributed by atoms with Crippen LogP contribution >= 0.6 is 0 Å². The van der Waals surface area contributed by atoms with Crippen molar-refractivity contribution in [1.29, 1.82) is 0 Å². The Bertz CT molecular complexity index is 433. The van der Waals surface area contributed by atoms with Crippen LogP contribution in [0.5, 0.6) is 0 Å². The van der Waals surface area contributed by atoms with E-state index in [4.69, 9.17) is 5.73 Å². The first-order valence-corrected chi connectivity index (χ1v) is 6.16. The standard InChI is InChI=1S/C8H16N4O2S/c1-4-12(5-2)15(13,14)7-6-11(3)10-8(7)9/h6H,4-5H2,1-3H3,(H2,9,10). The van der Waals surface area contributed by atoms with E-state index in [1.807, 2.05) is 0 Å². The number of rotatable bonds is 4. The molecule has 1 rings (SSSR count). The smallest absolute Gasteiger partial charge is 0.248 e. The number of hydrogen-bond donors (Lipinski definition) is 1. The van der Waals surface area contributed by atoms with Gasteiger partial charge in [0.2, 0.25) is 10.0 Å². The Kier molecular flexibility index (Phi) is 3.35. The van der Waals surface area contributed by atoms with E-state index < -0.39 is 10.0 Å². The summed E-state index contributed by atoms with van der Waals surface area (Å²) in [7, 11) is -1.85. The monoisotopic (exact) mass is 232 g/mol. The molecule has 0 fully saturated rings. The van der Waals surface area contributed by atoms with E-state index >= 15 is 0 Å². The van der Waals surface area contributed by atoms with Crippen LogP contribution in [-0.4, -0.2) is 35.6 Å². The van der Waals surface area contributed by atoms with Gasteiger partial charge in [0.1, 0.15) is 4.90 Å². The molecule has 0 radical (unpaired) electrons. The number of aryl methyl sites for hydroxylation is 1. The molecule has 0 saturated carbocycles. The molecule has 0 spiro atoms. The molecular weight excluding hydrogens is 216 g/mol. The second-order valence-corrected chi connectivity index (χ2v) is 5.05. The molecule has 0 aliphatic carbocycles. The Labute approximate surface area is 89.7 Å². The van der Waals surface area contributed by atoms with Crippen molar-refractivity contribution in [2.24, 2.45) is 7.05 Å². The summed E-state index contributed by atoms with van der Waals surface area (Å²) in [5.74, 6) is 0.0457. The maximum atomic E-state index is 12.0. The normalized spacial score (nSPS) is 12.3. The Balaban J connectivity index is 3.22. The molecule has 1 aromatic rings. The molecule has 1 heterocycles. The molecule has 2 N–H and O–H groups in total. The lowest BCUT2D eigenvalue weighted by Gasteiger charge is -2.17. The summed E-state index contributed by atoms with van der Waals surface area (Å²) in [4.78, 5) is 0.0775. The minimum Gasteiger partial charge on any atom is -0.381 e. The summed E-state index contributed by atoms with van der Waals surface area (Å²) in [6.07, 6.45) is 1.42. The van der Waals surface area contributed by atoms with Gasteiger partial charge >= 0.3 is 0 Å². The highest BCUT2D eigenvalue weighted by molar-refractivity contribution is 7.89. The number of anilines is 1. The first-order valence-electron chi connectivity index (χ1n) is 4.72. The van der Waals surface area contributed by atoms with Crippen molar-refractivity contribution in [3.63, 3.8) is 0 Å². The summed E-state index contributed by atoms with van der Waals surface area (Å²) >= 11 is 0. The molecule has 1 aromatic heterocycles. The van der Waals surface area contributed by atoms with Gasteiger partial charge in [-0.1, -0.05) is 13.8 Å². The van der Waals surface area contributed by atoms with Gasteiger partial charge < -0.3 is 5.73 Å². The van der Waals surface area contributed by atoms with Crippen LogP contribution in [0.2, 0.25) is 0 Å². The fourth-order valence-corrected chi connectivity index (χ4v) is 2.93. The third-order valence-electron chi connectivity index (χ3n) is 2.15. The van der Waals surface area contributed by atoms with E-state index in [2.05, 4.69) is 5.10 Å². The molecule has 15 heavy (non-hydrogen) atoms. The SMILES string of the molecule is CCN(CC)S(=O)(=O)c1cn(C)nc1N. The van der Waals surface area contributed by atoms with Gasteiger partial charge in [0.25, 0.3) is 0 Å². The first kappa shape index (κ1) is 12.0. The van der Waals surface area contributed by atoms with E-state index in [9.17, 15) is 8.42 Å². The fourth-order valence-electron chi connectivity index (χ4n) is 1.39. The fraction of sp³-hybridized carbons (Fsp3) is 0.625. The van der Waals surface area contributed by atoms with Crippen molar-refractivity contribution in [2.45, 2.75) is 18.7 Å². The van der Waals surface area contributed by atoms with Crippen molar-refractivity contribution in [2.75, 3.05) is 18.8 Å². The summed E-state index contributed by atoms with van der Waals surface area (Å²) < 4.78 is 26.8. The number of sulfonamides is 1. The van der Waals surface area contributed by atoms with Crippen molar-refractivity contribution in [3.05, 3.63) is 6.20 Å². The summed E-state index contributed by atoms with van der Waals surface area (Å²) in [5.41, 5.74) is 5.54. The second kappa shape index (κ2) is 4.19. The zero-order valence-corrected chi connectivity index (χ0v) is 9.95. The van der Waals surface area contributed by atoms with Crippen molar-refractivity contribution in [1.82, 2.24) is 14.1 Å². The zero-order chi connectivity index (χ0) is 11.6. The quantitative estimate of drug-likeness (QED) is 0.794. The molecule has 0 bridgehead atoms. The molecule has 6 nitrogen and oxygen atoms in total. The molecule has 0 atom stereocenters. The number of hydrogen-bond acceptors (Lipinski definition) is 4. The predicted octanol–water partition coefficient (Wildman–Crippen LogP) is 0.0328. The van der Waals surface area contributed by atoms with E-state index in [0.717, 1.165) is 0 Å². The van der Waals surface area contributed by atoms with Gasteiger partial charge in [-0.15, -0.1) is 0 Å². The van der Waals surface area contributed by atoms with Crippen LogP contribution in [0.1, 0.15) is 13.8 Å². The summed E-state index contributed by atoms with van der Waals surface area (Å²) in [5, 5.41) is 3.82. The minimum atomic E-state index is -3.49. The van der Waals surface area contributed by atoms with Gasteiger partial charge in [-0.2, -0.15) is 9.40 Å². The topological polar surface area (TPSA) is 81.2 Å². The maximum absolute atomic E-state index is 12.0. The van der Waals surface area contributed by atoms with E-state index in [-0.39, 0.29) is 10.7 Å². The lowest BCUT2D eigenvalue weighted by atomic mass is 10.6. The molecular formula is C8H16N4O2S. The summed E-state index contributed by atoms with van der Waals surface area (Å²) in [6, 6.07) is 0. The van der Waals surface area contributed by atoms with Crippen LogP contribution in [0, 0.1) is 0 Å². The highest BCUT2D eigenvalue weighted by Gasteiger charge is 2.26. The molecule has 0 aromatic carbocycles. The van der Waals surface area contributed by atoms with Crippen molar-refractivity contribution in [3.8, 4) is 0 Å². The van der Waals surface area contributed by atoms with Gasteiger partial charge in [0, 0.05) is 26.3 Å². The third kappa shape index (κ3) is 2.13. The van der Waals surface area contributed by atoms with Gasteiger partial charge in [0.05, 0.1) is 0 Å². The van der Waals surface area contributed by atoms with Crippen LogP contribution in [0.25, 0.3) is 0 Å². The van der Waals surface area contributed by atoms with Crippen LogP contribution < -0.4 is 5.73 Å². The van der Waals surface area contributed by atoms with E-state index in [1.165, 1.54) is 15.2 Å². The summed E-state index contributed by atoms with van der Waals surface area (Å²) in [6.45, 7) is 4.42. The van der Waals surface area contributed by atoms with Crippen molar-refractivity contribution >= 4 is 15.8 Å². The van der Waals surface area contributed by atoms with Crippen LogP contribution in [0.15, 0.2) is 11.1 Å². The number of aromatic nitrogens is 2. The number of nitrogens with zero attached hydrogens (tertiary/aromatic N) is 3. The molecule has 0 aliphatic rings. The molecule has 0 aliphatic heterocycles. The molecule has 0 saturated heterocycles. The molecule has 86 valence electrons. The lowest BCUT2D eigenvalue weighted by Crippen LogP contribution is -2.30.